The van der Waals surface area contributed by atoms with Crippen molar-refractivity contribution < 1.29 is 28.2 Å². The van der Waals surface area contributed by atoms with Crippen molar-refractivity contribution >= 4 is 11.9 Å². The summed E-state index contributed by atoms with van der Waals surface area (Å²) in [6.07, 6.45) is -1.42. The van der Waals surface area contributed by atoms with Gasteiger partial charge < -0.3 is 15.2 Å². The number of ether oxygens (including phenoxy) is 1. The summed E-state index contributed by atoms with van der Waals surface area (Å²) in [5.41, 5.74) is -4.36. The van der Waals surface area contributed by atoms with Gasteiger partial charge in [-0.05, 0) is 12.8 Å². The third-order valence-corrected chi connectivity index (χ3v) is 3.64. The Bertz CT molecular complexity index is 411. The summed E-state index contributed by atoms with van der Waals surface area (Å²) in [5.74, 6) is -6.93. The molecule has 3 atom stereocenters. The maximum absolute atomic E-state index is 13.7. The van der Waals surface area contributed by atoms with E-state index in [1.165, 1.54) is 0 Å². The molecule has 2 fully saturated rings. The molecule has 1 amide bonds. The fraction of sp³-hybridized carbons (Fsp3) is 0.800. The van der Waals surface area contributed by atoms with Crippen molar-refractivity contribution in [3.8, 4) is 0 Å². The van der Waals surface area contributed by atoms with Crippen LogP contribution in [0.5, 0.6) is 0 Å². The number of fused-ring (bicyclic) bond motifs is 1. The number of nitrogens with one attached hydrogen (secondary N) is 1. The first kappa shape index (κ1) is 12.2. The Kier molecular flexibility index (Phi) is 2.12. The standard InChI is InChI=1S/C10H13F2NO4/c1-4(2)5(14)9-7(16)17-8(9,3)10(11,12)6(15)13-9/h4-5,14H,1-3H3,(H,13,15)/t5-,8+,9?/m0/s1. The smallest absolute Gasteiger partial charge is 0.365 e. The van der Waals surface area contributed by atoms with Gasteiger partial charge in [-0.3, -0.25) is 4.79 Å². The third kappa shape index (κ3) is 1.01. The molecular formula is C10H13F2NO4. The van der Waals surface area contributed by atoms with E-state index in [1.807, 2.05) is 5.32 Å². The molecule has 2 N–H and O–H groups in total. The summed E-state index contributed by atoms with van der Waals surface area (Å²) in [5, 5.41) is 11.9. The Morgan fingerprint density at radius 2 is 1.88 bits per heavy atom. The highest BCUT2D eigenvalue weighted by Gasteiger charge is 2.87. The lowest BCUT2D eigenvalue weighted by Gasteiger charge is -2.52. The number of carbonyl (C=O) groups is 2. The van der Waals surface area contributed by atoms with Crippen LogP contribution in [0.15, 0.2) is 0 Å². The van der Waals surface area contributed by atoms with Crippen molar-refractivity contribution in [1.82, 2.24) is 5.32 Å². The Morgan fingerprint density at radius 3 is 2.24 bits per heavy atom. The van der Waals surface area contributed by atoms with Gasteiger partial charge in [0.05, 0.1) is 6.10 Å². The zero-order valence-electron chi connectivity index (χ0n) is 9.58. The van der Waals surface area contributed by atoms with Crippen LogP contribution in [-0.4, -0.2) is 40.1 Å². The van der Waals surface area contributed by atoms with E-state index in [9.17, 15) is 23.5 Å². The van der Waals surface area contributed by atoms with E-state index in [4.69, 9.17) is 0 Å². The topological polar surface area (TPSA) is 75.6 Å². The molecule has 7 heteroatoms. The van der Waals surface area contributed by atoms with Gasteiger partial charge in [0.1, 0.15) is 0 Å². The second kappa shape index (κ2) is 2.95. The van der Waals surface area contributed by atoms with Gasteiger partial charge >= 0.3 is 11.9 Å². The number of esters is 1. The van der Waals surface area contributed by atoms with Crippen LogP contribution >= 0.6 is 0 Å². The molecule has 0 spiro atoms. The lowest BCUT2D eigenvalue weighted by atomic mass is 9.69. The van der Waals surface area contributed by atoms with Crippen LogP contribution in [0.4, 0.5) is 8.78 Å². The maximum Gasteiger partial charge on any atom is 0.365 e. The van der Waals surface area contributed by atoms with Crippen LogP contribution < -0.4 is 5.32 Å². The summed E-state index contributed by atoms with van der Waals surface area (Å²) in [6.45, 7) is 4.08. The molecule has 5 nitrogen and oxygen atoms in total. The molecule has 0 aromatic rings. The second-order valence-corrected chi connectivity index (χ2v) is 4.95. The van der Waals surface area contributed by atoms with Crippen LogP contribution in [0.2, 0.25) is 0 Å². The number of rotatable bonds is 2. The minimum absolute atomic E-state index is 0.476. The molecule has 0 aromatic heterocycles. The average Bonchev–Trinajstić information content (AvgIpc) is 2.33. The number of halogens is 2. The van der Waals surface area contributed by atoms with Crippen molar-refractivity contribution in [2.24, 2.45) is 5.92 Å². The molecule has 0 saturated carbocycles. The fourth-order valence-corrected chi connectivity index (χ4v) is 2.43. The van der Waals surface area contributed by atoms with Crippen molar-refractivity contribution in [2.75, 3.05) is 0 Å². The number of aliphatic hydroxyl groups excluding tert-OH is 1. The highest BCUT2D eigenvalue weighted by Crippen LogP contribution is 2.55. The predicted molar refractivity (Wildman–Crippen MR) is 51.2 cm³/mol. The first-order valence-electron chi connectivity index (χ1n) is 5.23. The number of carbonyl (C=O) groups excluding carboxylic acids is 2. The molecule has 0 aromatic carbocycles. The molecular weight excluding hydrogens is 236 g/mol. The number of amides is 1. The largest absolute Gasteiger partial charge is 0.447 e. The summed E-state index contributed by atoms with van der Waals surface area (Å²) in [4.78, 5) is 22.7. The first-order chi connectivity index (χ1) is 7.61. The molecule has 0 aliphatic carbocycles. The van der Waals surface area contributed by atoms with Gasteiger partial charge in [0.15, 0.2) is 0 Å². The van der Waals surface area contributed by atoms with Crippen molar-refractivity contribution in [3.63, 3.8) is 0 Å². The van der Waals surface area contributed by atoms with Gasteiger partial charge in [0.2, 0.25) is 11.1 Å². The van der Waals surface area contributed by atoms with E-state index in [0.717, 1.165) is 6.92 Å². The van der Waals surface area contributed by atoms with Crippen LogP contribution in [0.3, 0.4) is 0 Å². The van der Waals surface area contributed by atoms with Crippen LogP contribution in [-0.2, 0) is 14.3 Å². The summed E-state index contributed by atoms with van der Waals surface area (Å²) in [6, 6.07) is 0. The van der Waals surface area contributed by atoms with Gasteiger partial charge in [0, 0.05) is 0 Å². The molecule has 2 rings (SSSR count). The minimum Gasteiger partial charge on any atom is -0.447 e. The van der Waals surface area contributed by atoms with Gasteiger partial charge in [-0.15, -0.1) is 0 Å². The predicted octanol–water partition coefficient (Wildman–Crippen LogP) is -0.177. The molecule has 0 radical (unpaired) electrons. The SMILES string of the molecule is CC(C)[C@H](O)C12NC(=O)C(F)(F)[C@]1(C)OC2=O. The molecule has 0 bridgehead atoms. The summed E-state index contributed by atoms with van der Waals surface area (Å²) in [7, 11) is 0. The lowest BCUT2D eigenvalue weighted by molar-refractivity contribution is -0.271. The van der Waals surface area contributed by atoms with Crippen molar-refractivity contribution in [2.45, 2.75) is 43.9 Å². The molecule has 2 aliphatic rings. The Labute approximate surface area is 96.1 Å². The Morgan fingerprint density at radius 1 is 1.35 bits per heavy atom. The zero-order valence-corrected chi connectivity index (χ0v) is 9.58. The normalized spacial score (nSPS) is 40.4. The van der Waals surface area contributed by atoms with Crippen LogP contribution in [0.25, 0.3) is 0 Å². The zero-order chi connectivity index (χ0) is 13.2. The maximum atomic E-state index is 13.7. The Balaban J connectivity index is 2.53. The van der Waals surface area contributed by atoms with Crippen molar-refractivity contribution in [3.05, 3.63) is 0 Å². The number of aliphatic hydroxyl groups is 1. The minimum atomic E-state index is -3.84. The van der Waals surface area contributed by atoms with E-state index in [1.54, 1.807) is 13.8 Å². The van der Waals surface area contributed by atoms with Crippen LogP contribution in [0, 0.1) is 5.92 Å². The van der Waals surface area contributed by atoms with E-state index in [-0.39, 0.29) is 0 Å². The lowest BCUT2D eigenvalue weighted by Crippen LogP contribution is -2.81. The third-order valence-electron chi connectivity index (χ3n) is 3.64. The van der Waals surface area contributed by atoms with Gasteiger partial charge in [-0.25, -0.2) is 4.79 Å². The molecule has 1 unspecified atom stereocenters. The highest BCUT2D eigenvalue weighted by molar-refractivity contribution is 6.04. The van der Waals surface area contributed by atoms with Crippen LogP contribution in [0.1, 0.15) is 20.8 Å². The highest BCUT2D eigenvalue weighted by atomic mass is 19.3. The number of hydrogen-bond donors (Lipinski definition) is 2. The summed E-state index contributed by atoms with van der Waals surface area (Å²) >= 11 is 0. The van der Waals surface area contributed by atoms with E-state index >= 15 is 0 Å². The van der Waals surface area contributed by atoms with Gasteiger partial charge in [-0.2, -0.15) is 8.78 Å². The average molecular weight is 249 g/mol. The molecule has 2 heterocycles. The monoisotopic (exact) mass is 249 g/mol. The molecule has 2 aliphatic heterocycles. The Hall–Kier alpha value is -1.24. The molecule has 2 saturated heterocycles. The van der Waals surface area contributed by atoms with E-state index in [2.05, 4.69) is 4.74 Å². The van der Waals surface area contributed by atoms with E-state index in [0.29, 0.717) is 0 Å². The molecule has 17 heavy (non-hydrogen) atoms. The second-order valence-electron chi connectivity index (χ2n) is 4.95. The number of alkyl halides is 2. The summed E-state index contributed by atoms with van der Waals surface area (Å²) < 4.78 is 31.8. The molecule has 96 valence electrons. The number of hydrogen-bond acceptors (Lipinski definition) is 4. The van der Waals surface area contributed by atoms with Gasteiger partial charge in [0.25, 0.3) is 5.91 Å². The van der Waals surface area contributed by atoms with Gasteiger partial charge in [-0.1, -0.05) is 13.8 Å². The fourth-order valence-electron chi connectivity index (χ4n) is 2.43. The quantitative estimate of drug-likeness (QED) is 0.666. The van der Waals surface area contributed by atoms with Crippen molar-refractivity contribution in [1.29, 1.82) is 0 Å². The van der Waals surface area contributed by atoms with E-state index < -0.39 is 41.0 Å². The first-order valence-corrected chi connectivity index (χ1v) is 5.23.